The molecule has 1 atom stereocenters. The van der Waals surface area contributed by atoms with Crippen molar-refractivity contribution in [1.82, 2.24) is 4.90 Å². The van der Waals surface area contributed by atoms with Gasteiger partial charge in [-0.1, -0.05) is 0 Å². The lowest BCUT2D eigenvalue weighted by Gasteiger charge is -2.31. The minimum atomic E-state index is -0.624. The topological polar surface area (TPSA) is 72.7 Å². The quantitative estimate of drug-likeness (QED) is 0.483. The van der Waals surface area contributed by atoms with Crippen LogP contribution in [-0.2, 0) is 16.1 Å². The molecule has 0 aliphatic carbocycles. The Hall–Kier alpha value is -2.02. The van der Waals surface area contributed by atoms with Crippen LogP contribution >= 0.6 is 0 Å². The van der Waals surface area contributed by atoms with E-state index in [0.717, 1.165) is 25.5 Å². The van der Waals surface area contributed by atoms with Gasteiger partial charge >= 0.3 is 5.97 Å². The normalized spacial score (nSPS) is 19.2. The van der Waals surface area contributed by atoms with Crippen LogP contribution < -0.4 is 0 Å². The number of hydrogen-bond donors (Lipinski definition) is 0. The van der Waals surface area contributed by atoms with Gasteiger partial charge in [0.2, 0.25) is 0 Å². The Morgan fingerprint density at radius 1 is 1.52 bits per heavy atom. The summed E-state index contributed by atoms with van der Waals surface area (Å²) in [6.07, 6.45) is 1.61. The van der Waals surface area contributed by atoms with Gasteiger partial charge in [-0.3, -0.25) is 19.8 Å². The lowest BCUT2D eigenvalue weighted by molar-refractivity contribution is -0.385. The number of halogens is 1. The smallest absolute Gasteiger partial charge is 0.309 e. The van der Waals surface area contributed by atoms with Crippen molar-refractivity contribution in [3.8, 4) is 0 Å². The maximum absolute atomic E-state index is 13.4. The molecule has 1 unspecified atom stereocenters. The molecule has 0 N–H and O–H groups in total. The Bertz CT molecular complexity index is 550. The molecule has 0 bridgehead atoms. The number of carbonyl (C=O) groups excluding carboxylic acids is 1. The third-order valence-electron chi connectivity index (χ3n) is 3.60. The fourth-order valence-corrected chi connectivity index (χ4v) is 2.65. The fourth-order valence-electron chi connectivity index (χ4n) is 2.65. The fraction of sp³-hybridized carbons (Fsp3) is 0.500. The van der Waals surface area contributed by atoms with Crippen molar-refractivity contribution >= 4 is 11.7 Å². The number of nitro benzene ring substituents is 1. The summed E-state index contributed by atoms with van der Waals surface area (Å²) in [5.41, 5.74) is 0.277. The van der Waals surface area contributed by atoms with Gasteiger partial charge in [-0.15, -0.1) is 0 Å². The van der Waals surface area contributed by atoms with E-state index in [1.807, 2.05) is 4.90 Å². The van der Waals surface area contributed by atoms with Gasteiger partial charge in [-0.05, 0) is 31.0 Å². The highest BCUT2D eigenvalue weighted by molar-refractivity contribution is 5.72. The highest BCUT2D eigenvalue weighted by atomic mass is 19.1. The number of hydrogen-bond acceptors (Lipinski definition) is 5. The van der Waals surface area contributed by atoms with E-state index >= 15 is 0 Å². The van der Waals surface area contributed by atoms with Crippen molar-refractivity contribution in [2.45, 2.75) is 19.4 Å². The molecule has 1 heterocycles. The minimum absolute atomic E-state index is 0.188. The maximum Gasteiger partial charge on any atom is 0.309 e. The lowest BCUT2D eigenvalue weighted by atomic mass is 9.97. The van der Waals surface area contributed by atoms with Gasteiger partial charge in [0.25, 0.3) is 5.69 Å². The molecule has 7 heteroatoms. The highest BCUT2D eigenvalue weighted by Gasteiger charge is 2.26. The molecule has 0 saturated carbocycles. The second-order valence-corrected chi connectivity index (χ2v) is 5.17. The average Bonchev–Trinajstić information content (AvgIpc) is 2.46. The van der Waals surface area contributed by atoms with Gasteiger partial charge in [0.05, 0.1) is 24.0 Å². The van der Waals surface area contributed by atoms with Crippen molar-refractivity contribution in [3.63, 3.8) is 0 Å². The van der Waals surface area contributed by atoms with Crippen molar-refractivity contribution in [3.05, 3.63) is 39.7 Å². The molecular weight excluding hydrogens is 279 g/mol. The number of nitrogens with zero attached hydrogens (tertiary/aromatic N) is 2. The first-order valence-corrected chi connectivity index (χ1v) is 6.73. The SMILES string of the molecule is COC(=O)C1CCCN(Cc2cc(F)cc([N+](=O)[O-])c2)C1. The van der Waals surface area contributed by atoms with E-state index in [-0.39, 0.29) is 17.6 Å². The van der Waals surface area contributed by atoms with Gasteiger partial charge in [0.1, 0.15) is 5.82 Å². The molecule has 1 fully saturated rings. The van der Waals surface area contributed by atoms with Crippen LogP contribution in [0.15, 0.2) is 18.2 Å². The number of methoxy groups -OCH3 is 1. The van der Waals surface area contributed by atoms with Crippen LogP contribution in [-0.4, -0.2) is 36.0 Å². The molecule has 1 saturated heterocycles. The number of ether oxygens (including phenoxy) is 1. The van der Waals surface area contributed by atoms with Crippen LogP contribution in [0.3, 0.4) is 0 Å². The summed E-state index contributed by atoms with van der Waals surface area (Å²) in [5, 5.41) is 10.7. The zero-order valence-electron chi connectivity index (χ0n) is 11.8. The Balaban J connectivity index is 2.07. The van der Waals surface area contributed by atoms with Gasteiger partial charge in [0, 0.05) is 19.2 Å². The molecule has 2 rings (SSSR count). The summed E-state index contributed by atoms with van der Waals surface area (Å²) in [5.74, 6) is -1.06. The number of esters is 1. The first-order valence-electron chi connectivity index (χ1n) is 6.73. The summed E-state index contributed by atoms with van der Waals surface area (Å²) in [6.45, 7) is 1.68. The largest absolute Gasteiger partial charge is 0.469 e. The van der Waals surface area contributed by atoms with E-state index in [9.17, 15) is 19.3 Å². The number of rotatable bonds is 4. The molecule has 0 aromatic heterocycles. The summed E-state index contributed by atoms with van der Waals surface area (Å²) in [4.78, 5) is 23.7. The zero-order valence-corrected chi connectivity index (χ0v) is 11.8. The van der Waals surface area contributed by atoms with E-state index in [4.69, 9.17) is 4.74 Å². The molecule has 1 aliphatic heterocycles. The average molecular weight is 296 g/mol. The van der Waals surface area contributed by atoms with Crippen molar-refractivity contribution < 1.29 is 18.8 Å². The molecule has 6 nitrogen and oxygen atoms in total. The van der Waals surface area contributed by atoms with E-state index in [0.29, 0.717) is 18.7 Å². The Morgan fingerprint density at radius 3 is 2.95 bits per heavy atom. The molecule has 21 heavy (non-hydrogen) atoms. The molecular formula is C14H17FN2O4. The van der Waals surface area contributed by atoms with Crippen molar-refractivity contribution in [2.75, 3.05) is 20.2 Å². The Morgan fingerprint density at radius 2 is 2.29 bits per heavy atom. The number of piperidine rings is 1. The van der Waals surface area contributed by atoms with Crippen LogP contribution in [0.2, 0.25) is 0 Å². The van der Waals surface area contributed by atoms with Crippen LogP contribution in [0.1, 0.15) is 18.4 Å². The molecule has 0 radical (unpaired) electrons. The number of benzene rings is 1. The number of carbonyl (C=O) groups is 1. The predicted octanol–water partition coefficient (Wildman–Crippen LogP) is 2.12. The lowest BCUT2D eigenvalue weighted by Crippen LogP contribution is -2.38. The van der Waals surface area contributed by atoms with Crippen molar-refractivity contribution in [1.29, 1.82) is 0 Å². The second-order valence-electron chi connectivity index (χ2n) is 5.17. The van der Waals surface area contributed by atoms with E-state index < -0.39 is 10.7 Å². The van der Waals surface area contributed by atoms with Crippen molar-refractivity contribution in [2.24, 2.45) is 5.92 Å². The van der Waals surface area contributed by atoms with Gasteiger partial charge in [-0.2, -0.15) is 0 Å². The first kappa shape index (κ1) is 15.4. The minimum Gasteiger partial charge on any atom is -0.469 e. The molecule has 0 amide bonds. The van der Waals surface area contributed by atoms with E-state index in [1.165, 1.54) is 19.2 Å². The van der Waals surface area contributed by atoms with Crippen LogP contribution in [0.5, 0.6) is 0 Å². The maximum atomic E-state index is 13.4. The summed E-state index contributed by atoms with van der Waals surface area (Å²) < 4.78 is 18.1. The van der Waals surface area contributed by atoms with Gasteiger partial charge in [-0.25, -0.2) is 4.39 Å². The summed E-state index contributed by atoms with van der Waals surface area (Å²) in [7, 11) is 1.36. The molecule has 114 valence electrons. The summed E-state index contributed by atoms with van der Waals surface area (Å²) in [6, 6.07) is 3.55. The van der Waals surface area contributed by atoms with Crippen LogP contribution in [0.4, 0.5) is 10.1 Å². The Kier molecular flexibility index (Phi) is 4.85. The van der Waals surface area contributed by atoms with E-state index in [2.05, 4.69) is 0 Å². The Labute approximate surface area is 121 Å². The third-order valence-corrected chi connectivity index (χ3v) is 3.60. The van der Waals surface area contributed by atoms with Gasteiger partial charge in [0.15, 0.2) is 0 Å². The summed E-state index contributed by atoms with van der Waals surface area (Å²) >= 11 is 0. The number of non-ortho nitro benzene ring substituents is 1. The first-order chi connectivity index (χ1) is 9.99. The monoisotopic (exact) mass is 296 g/mol. The molecule has 1 aromatic rings. The molecule has 1 aliphatic rings. The predicted molar refractivity (Wildman–Crippen MR) is 73.1 cm³/mol. The molecule has 1 aromatic carbocycles. The second kappa shape index (κ2) is 6.62. The number of nitro groups is 1. The highest BCUT2D eigenvalue weighted by Crippen LogP contribution is 2.22. The standard InChI is InChI=1S/C14H17FN2O4/c1-21-14(18)11-3-2-4-16(9-11)8-10-5-12(15)7-13(6-10)17(19)20/h5-7,11H,2-4,8-9H2,1H3. The van der Waals surface area contributed by atoms with Gasteiger partial charge < -0.3 is 4.74 Å². The molecule has 0 spiro atoms. The van der Waals surface area contributed by atoms with Crippen LogP contribution in [0, 0.1) is 21.8 Å². The number of likely N-dealkylation sites (tertiary alicyclic amines) is 1. The van der Waals surface area contributed by atoms with E-state index in [1.54, 1.807) is 0 Å². The van der Waals surface area contributed by atoms with Crippen LogP contribution in [0.25, 0.3) is 0 Å². The zero-order chi connectivity index (χ0) is 15.4. The third kappa shape index (κ3) is 3.98.